The predicted molar refractivity (Wildman–Crippen MR) is 54.4 cm³/mol. The number of carboxylic acids is 1. The summed E-state index contributed by atoms with van der Waals surface area (Å²) in [5, 5.41) is 9.23. The van der Waals surface area contributed by atoms with E-state index in [1.165, 1.54) is 0 Å². The van der Waals surface area contributed by atoms with Crippen LogP contribution in [0.15, 0.2) is 4.60 Å². The Kier molecular flexibility index (Phi) is 2.53. The summed E-state index contributed by atoms with van der Waals surface area (Å²) in [7, 11) is 0. The van der Waals surface area contributed by atoms with E-state index < -0.39 is 5.97 Å². The third-order valence-electron chi connectivity index (χ3n) is 2.46. The summed E-state index contributed by atoms with van der Waals surface area (Å²) < 4.78 is 2.49. The molecular weight excluding hydrogens is 271 g/mol. The number of aliphatic carboxylic acids is 1. The average Bonchev–Trinajstić information content (AvgIpc) is 2.42. The smallest absolute Gasteiger partial charge is 0.308 e. The molecule has 0 fully saturated rings. The number of aromatic nitrogens is 2. The molecule has 1 N–H and O–H groups in total. The number of hydrogen-bond donors (Lipinski definition) is 1. The molecule has 0 spiro atoms. The van der Waals surface area contributed by atoms with E-state index in [1.807, 2.05) is 0 Å². The second-order valence-corrected chi connectivity index (χ2v) is 4.39. The number of halogens is 2. The number of imidazole rings is 1. The van der Waals surface area contributed by atoms with E-state index >= 15 is 0 Å². The van der Waals surface area contributed by atoms with Crippen molar-refractivity contribution in [1.82, 2.24) is 9.55 Å². The van der Waals surface area contributed by atoms with Crippen molar-refractivity contribution in [3.05, 3.63) is 15.6 Å². The first kappa shape index (κ1) is 9.98. The van der Waals surface area contributed by atoms with Crippen molar-refractivity contribution in [3.8, 4) is 0 Å². The third-order valence-corrected chi connectivity index (χ3v) is 3.38. The van der Waals surface area contributed by atoms with E-state index in [4.69, 9.17) is 16.7 Å². The monoisotopic (exact) mass is 278 g/mol. The lowest BCUT2D eigenvalue weighted by Gasteiger charge is -2.21. The molecule has 1 aliphatic heterocycles. The zero-order valence-electron chi connectivity index (χ0n) is 7.20. The maximum absolute atomic E-state index is 10.8. The van der Waals surface area contributed by atoms with Gasteiger partial charge in [0.25, 0.3) is 0 Å². The third kappa shape index (κ3) is 1.54. The molecule has 4 nitrogen and oxygen atoms in total. The predicted octanol–water partition coefficient (Wildman–Crippen LogP) is 1.95. The average molecular weight is 280 g/mol. The van der Waals surface area contributed by atoms with E-state index in [1.54, 1.807) is 4.57 Å². The standard InChI is InChI=1S/C8H8BrClN2O2/c9-6-5-2-1-4(7(13)14)3-12(5)8(10)11-6/h4H,1-3H2,(H,13,14). The molecule has 0 bridgehead atoms. The maximum atomic E-state index is 10.8. The largest absolute Gasteiger partial charge is 0.481 e. The second kappa shape index (κ2) is 3.55. The topological polar surface area (TPSA) is 55.1 Å². The molecule has 14 heavy (non-hydrogen) atoms. The highest BCUT2D eigenvalue weighted by molar-refractivity contribution is 9.10. The fourth-order valence-electron chi connectivity index (χ4n) is 1.68. The van der Waals surface area contributed by atoms with Crippen LogP contribution in [-0.2, 0) is 17.8 Å². The molecule has 1 aliphatic rings. The van der Waals surface area contributed by atoms with Gasteiger partial charge in [-0.15, -0.1) is 0 Å². The zero-order valence-corrected chi connectivity index (χ0v) is 9.55. The van der Waals surface area contributed by atoms with Crippen molar-refractivity contribution in [2.45, 2.75) is 19.4 Å². The lowest BCUT2D eigenvalue weighted by atomic mass is 9.99. The van der Waals surface area contributed by atoms with Crippen LogP contribution in [0.4, 0.5) is 0 Å². The van der Waals surface area contributed by atoms with Crippen molar-refractivity contribution in [2.75, 3.05) is 0 Å². The lowest BCUT2D eigenvalue weighted by Crippen LogP contribution is -2.26. The highest BCUT2D eigenvalue weighted by Gasteiger charge is 2.27. The van der Waals surface area contributed by atoms with Crippen LogP contribution in [0, 0.1) is 5.92 Å². The molecule has 2 heterocycles. The van der Waals surface area contributed by atoms with Crippen LogP contribution in [0.5, 0.6) is 0 Å². The van der Waals surface area contributed by atoms with E-state index in [2.05, 4.69) is 20.9 Å². The van der Waals surface area contributed by atoms with Crippen molar-refractivity contribution >= 4 is 33.5 Å². The van der Waals surface area contributed by atoms with Gasteiger partial charge in [0.2, 0.25) is 5.28 Å². The molecule has 1 aromatic rings. The quantitative estimate of drug-likeness (QED) is 0.855. The van der Waals surface area contributed by atoms with Gasteiger partial charge in [0.1, 0.15) is 4.60 Å². The summed E-state index contributed by atoms with van der Waals surface area (Å²) in [6, 6.07) is 0. The first-order valence-corrected chi connectivity index (χ1v) is 5.40. The highest BCUT2D eigenvalue weighted by Crippen LogP contribution is 2.29. The van der Waals surface area contributed by atoms with Crippen LogP contribution < -0.4 is 0 Å². The number of carboxylic acid groups (broad SMARTS) is 1. The summed E-state index contributed by atoms with van der Waals surface area (Å²) >= 11 is 9.16. The van der Waals surface area contributed by atoms with Gasteiger partial charge >= 0.3 is 5.97 Å². The van der Waals surface area contributed by atoms with Crippen LogP contribution >= 0.6 is 27.5 Å². The Morgan fingerprint density at radius 3 is 3.07 bits per heavy atom. The molecule has 0 radical (unpaired) electrons. The Morgan fingerprint density at radius 1 is 1.71 bits per heavy atom. The van der Waals surface area contributed by atoms with Gasteiger partial charge in [-0.3, -0.25) is 4.79 Å². The van der Waals surface area contributed by atoms with E-state index in [9.17, 15) is 4.79 Å². The van der Waals surface area contributed by atoms with Gasteiger partial charge in [-0.25, -0.2) is 4.98 Å². The van der Waals surface area contributed by atoms with Gasteiger partial charge in [-0.2, -0.15) is 0 Å². The van der Waals surface area contributed by atoms with Gasteiger partial charge in [-0.05, 0) is 40.4 Å². The van der Waals surface area contributed by atoms with Crippen LogP contribution in [0.1, 0.15) is 12.1 Å². The van der Waals surface area contributed by atoms with E-state index in [-0.39, 0.29) is 5.92 Å². The maximum Gasteiger partial charge on any atom is 0.308 e. The van der Waals surface area contributed by atoms with Gasteiger partial charge in [0, 0.05) is 6.54 Å². The van der Waals surface area contributed by atoms with Crippen molar-refractivity contribution < 1.29 is 9.90 Å². The molecule has 1 unspecified atom stereocenters. The molecule has 1 aromatic heterocycles. The minimum Gasteiger partial charge on any atom is -0.481 e. The Balaban J connectivity index is 2.34. The number of carbonyl (C=O) groups is 1. The first-order valence-electron chi connectivity index (χ1n) is 4.23. The van der Waals surface area contributed by atoms with Gasteiger partial charge < -0.3 is 9.67 Å². The summed E-state index contributed by atoms with van der Waals surface area (Å²) in [4.78, 5) is 14.8. The Bertz CT molecular complexity index is 391. The number of hydrogen-bond acceptors (Lipinski definition) is 2. The number of rotatable bonds is 1. The Hall–Kier alpha value is -0.550. The summed E-state index contributed by atoms with van der Waals surface area (Å²) in [6.07, 6.45) is 1.35. The van der Waals surface area contributed by atoms with Gasteiger partial charge in [0.15, 0.2) is 0 Å². The molecule has 0 aromatic carbocycles. The first-order chi connectivity index (χ1) is 6.59. The lowest BCUT2D eigenvalue weighted by molar-refractivity contribution is -0.142. The molecule has 0 amide bonds. The van der Waals surface area contributed by atoms with E-state index in [0.717, 1.165) is 10.3 Å². The highest BCUT2D eigenvalue weighted by atomic mass is 79.9. The second-order valence-electron chi connectivity index (χ2n) is 3.30. The summed E-state index contributed by atoms with van der Waals surface area (Å²) in [6.45, 7) is 0.419. The molecule has 0 saturated carbocycles. The van der Waals surface area contributed by atoms with Crippen LogP contribution in [0.3, 0.4) is 0 Å². The molecule has 6 heteroatoms. The summed E-state index contributed by atoms with van der Waals surface area (Å²) in [5.74, 6) is -1.11. The minimum atomic E-state index is -0.767. The Labute approximate surface area is 94.0 Å². The molecule has 76 valence electrons. The van der Waals surface area contributed by atoms with Crippen molar-refractivity contribution in [1.29, 1.82) is 0 Å². The molecule has 0 saturated heterocycles. The Morgan fingerprint density at radius 2 is 2.43 bits per heavy atom. The molecular formula is C8H8BrClN2O2. The summed E-state index contributed by atoms with van der Waals surface area (Å²) in [5.41, 5.74) is 0.993. The molecule has 1 atom stereocenters. The van der Waals surface area contributed by atoms with Crippen LogP contribution in [0.25, 0.3) is 0 Å². The van der Waals surface area contributed by atoms with E-state index in [0.29, 0.717) is 24.7 Å². The zero-order chi connectivity index (χ0) is 10.3. The normalized spacial score (nSPS) is 20.6. The molecule has 0 aliphatic carbocycles. The van der Waals surface area contributed by atoms with Gasteiger partial charge in [-0.1, -0.05) is 0 Å². The van der Waals surface area contributed by atoms with Crippen LogP contribution in [0.2, 0.25) is 5.28 Å². The van der Waals surface area contributed by atoms with Gasteiger partial charge in [0.05, 0.1) is 11.6 Å². The molecule has 2 rings (SSSR count). The number of fused-ring (bicyclic) bond motifs is 1. The van der Waals surface area contributed by atoms with Crippen molar-refractivity contribution in [3.63, 3.8) is 0 Å². The fraction of sp³-hybridized carbons (Fsp3) is 0.500. The fourth-order valence-corrected chi connectivity index (χ4v) is 2.61. The SMILES string of the molecule is O=C(O)C1CCc2c(Br)nc(Cl)n2C1. The number of nitrogens with zero attached hydrogens (tertiary/aromatic N) is 2. The van der Waals surface area contributed by atoms with Crippen molar-refractivity contribution in [2.24, 2.45) is 5.92 Å². The van der Waals surface area contributed by atoms with Crippen LogP contribution in [-0.4, -0.2) is 20.6 Å². The minimum absolute atomic E-state index is 0.346.